The lowest BCUT2D eigenvalue weighted by molar-refractivity contribution is 0.827. The molecule has 0 aliphatic carbocycles. The van der Waals surface area contributed by atoms with Crippen LogP contribution in [-0.4, -0.2) is 4.57 Å². The lowest BCUT2D eigenvalue weighted by Gasteiger charge is -2.26. The van der Waals surface area contributed by atoms with Crippen LogP contribution in [0.5, 0.6) is 0 Å². The lowest BCUT2D eigenvalue weighted by atomic mass is 10.0. The summed E-state index contributed by atoms with van der Waals surface area (Å²) in [4.78, 5) is 4.63. The van der Waals surface area contributed by atoms with Crippen molar-refractivity contribution in [3.8, 4) is 11.1 Å². The van der Waals surface area contributed by atoms with Gasteiger partial charge in [-0.25, -0.2) is 0 Å². The number of para-hydroxylation sites is 2. The number of aryl methyl sites for hydroxylation is 3. The molecule has 0 bridgehead atoms. The SMILES string of the molecule is CCn1c2ccccc2c2cc(/C=C/c3ccc(N(c4ccc(C)cc4)c4ccc(-c5ccc(N(c6ccccc6)c6ccc(C)cc6)cc5)cc4)cc3)ccc21. The molecule has 0 aliphatic rings. The van der Waals surface area contributed by atoms with Gasteiger partial charge in [-0.15, -0.1) is 0 Å². The van der Waals surface area contributed by atoms with Crippen molar-refractivity contribution >= 4 is 68.1 Å². The predicted molar refractivity (Wildman–Crippen MR) is 245 cm³/mol. The maximum absolute atomic E-state index is 2.40. The van der Waals surface area contributed by atoms with Crippen molar-refractivity contribution in [3.05, 3.63) is 216 Å². The topological polar surface area (TPSA) is 11.4 Å². The van der Waals surface area contributed by atoms with Gasteiger partial charge in [-0.3, -0.25) is 0 Å². The number of nitrogens with zero attached hydrogens (tertiary/aromatic N) is 3. The van der Waals surface area contributed by atoms with E-state index in [0.29, 0.717) is 0 Å². The summed E-state index contributed by atoms with van der Waals surface area (Å²) in [6, 6.07) is 70.2. The molecule has 9 aromatic rings. The molecule has 3 heteroatoms. The van der Waals surface area contributed by atoms with Crippen LogP contribution in [-0.2, 0) is 6.54 Å². The largest absolute Gasteiger partial charge is 0.341 e. The lowest BCUT2D eigenvalue weighted by Crippen LogP contribution is -2.10. The highest BCUT2D eigenvalue weighted by Crippen LogP contribution is 2.38. The monoisotopic (exact) mass is 735 g/mol. The Morgan fingerprint density at radius 1 is 0.386 bits per heavy atom. The van der Waals surface area contributed by atoms with Gasteiger partial charge in [0.05, 0.1) is 0 Å². The maximum atomic E-state index is 2.40. The quantitative estimate of drug-likeness (QED) is 0.130. The van der Waals surface area contributed by atoms with Crippen molar-refractivity contribution in [2.24, 2.45) is 0 Å². The minimum Gasteiger partial charge on any atom is -0.341 e. The van der Waals surface area contributed by atoms with Gasteiger partial charge < -0.3 is 14.4 Å². The first-order chi connectivity index (χ1) is 28.0. The molecule has 0 spiro atoms. The standard InChI is InChI=1S/C54H45N3/c1-4-55-53-13-9-8-12-51(53)52-38-42(22-37-54(52)55)19-18-41-20-31-48(32-21-41)57(47-29-16-40(3)17-30-47)50-35-25-44(26-36-50)43-23-33-49(34-24-43)56(45-10-6-5-7-11-45)46-27-14-39(2)15-28-46/h5-38H,4H2,1-3H3/b19-18+. The second kappa shape index (κ2) is 15.6. The second-order valence-electron chi connectivity index (χ2n) is 14.7. The summed E-state index contributed by atoms with van der Waals surface area (Å²) in [7, 11) is 0. The summed E-state index contributed by atoms with van der Waals surface area (Å²) in [6.07, 6.45) is 4.43. The molecule has 0 aliphatic heterocycles. The van der Waals surface area contributed by atoms with E-state index in [9.17, 15) is 0 Å². The first kappa shape index (κ1) is 35.6. The zero-order valence-corrected chi connectivity index (χ0v) is 32.7. The molecule has 1 heterocycles. The average Bonchev–Trinajstić information content (AvgIpc) is 3.58. The number of hydrogen-bond acceptors (Lipinski definition) is 2. The van der Waals surface area contributed by atoms with Gasteiger partial charge >= 0.3 is 0 Å². The van der Waals surface area contributed by atoms with Crippen LogP contribution in [0, 0.1) is 13.8 Å². The fourth-order valence-corrected chi connectivity index (χ4v) is 7.91. The third-order valence-electron chi connectivity index (χ3n) is 10.9. The van der Waals surface area contributed by atoms with Crippen LogP contribution < -0.4 is 9.80 Å². The molecule has 0 radical (unpaired) electrons. The van der Waals surface area contributed by atoms with Crippen molar-refractivity contribution in [1.29, 1.82) is 0 Å². The van der Waals surface area contributed by atoms with Crippen LogP contribution >= 0.6 is 0 Å². The van der Waals surface area contributed by atoms with Crippen LogP contribution in [0.15, 0.2) is 194 Å². The fraction of sp³-hybridized carbons (Fsp3) is 0.0741. The number of aromatic nitrogens is 1. The number of anilines is 6. The molecule has 1 aromatic heterocycles. The molecule has 0 atom stereocenters. The van der Waals surface area contributed by atoms with Gasteiger partial charge in [-0.05, 0) is 134 Å². The van der Waals surface area contributed by atoms with E-state index in [4.69, 9.17) is 0 Å². The van der Waals surface area contributed by atoms with Crippen LogP contribution in [0.2, 0.25) is 0 Å². The minimum absolute atomic E-state index is 0.951. The van der Waals surface area contributed by atoms with E-state index in [0.717, 1.165) is 46.2 Å². The number of benzene rings is 8. The van der Waals surface area contributed by atoms with E-state index >= 15 is 0 Å². The predicted octanol–water partition coefficient (Wildman–Crippen LogP) is 15.2. The van der Waals surface area contributed by atoms with Gasteiger partial charge in [0.15, 0.2) is 0 Å². The summed E-state index contributed by atoms with van der Waals surface area (Å²) < 4.78 is 2.40. The Kier molecular flexibility index (Phi) is 9.72. The first-order valence-corrected chi connectivity index (χ1v) is 19.8. The molecular formula is C54H45N3. The zero-order chi connectivity index (χ0) is 38.7. The van der Waals surface area contributed by atoms with Gasteiger partial charge in [-0.2, -0.15) is 0 Å². The summed E-state index contributed by atoms with van der Waals surface area (Å²) in [6.45, 7) is 7.42. The first-order valence-electron chi connectivity index (χ1n) is 19.8. The number of rotatable bonds is 10. The number of fused-ring (bicyclic) bond motifs is 3. The third kappa shape index (κ3) is 7.24. The molecule has 3 nitrogen and oxygen atoms in total. The van der Waals surface area contributed by atoms with Crippen molar-refractivity contribution in [2.45, 2.75) is 27.3 Å². The molecule has 0 unspecified atom stereocenters. The summed E-state index contributed by atoms with van der Waals surface area (Å²) >= 11 is 0. The molecular weight excluding hydrogens is 691 g/mol. The summed E-state index contributed by atoms with van der Waals surface area (Å²) in [5.74, 6) is 0. The highest BCUT2D eigenvalue weighted by Gasteiger charge is 2.15. The Morgan fingerprint density at radius 2 is 0.789 bits per heavy atom. The molecule has 8 aromatic carbocycles. The van der Waals surface area contributed by atoms with Gasteiger partial charge in [0.25, 0.3) is 0 Å². The van der Waals surface area contributed by atoms with Crippen LogP contribution in [0.25, 0.3) is 45.1 Å². The Balaban J connectivity index is 0.978. The molecule has 9 rings (SSSR count). The Hall–Kier alpha value is -7.10. The van der Waals surface area contributed by atoms with E-state index < -0.39 is 0 Å². The van der Waals surface area contributed by atoms with E-state index in [1.807, 2.05) is 0 Å². The normalized spacial score (nSPS) is 11.4. The van der Waals surface area contributed by atoms with Gasteiger partial charge in [-0.1, -0.05) is 126 Å². The van der Waals surface area contributed by atoms with Crippen molar-refractivity contribution in [1.82, 2.24) is 4.57 Å². The van der Waals surface area contributed by atoms with Crippen molar-refractivity contribution < 1.29 is 0 Å². The van der Waals surface area contributed by atoms with Crippen LogP contribution in [0.3, 0.4) is 0 Å². The summed E-state index contributed by atoms with van der Waals surface area (Å²) in [5.41, 5.74) is 16.5. The van der Waals surface area contributed by atoms with Gasteiger partial charge in [0.2, 0.25) is 0 Å². The molecule has 0 N–H and O–H groups in total. The van der Waals surface area contributed by atoms with Gasteiger partial charge in [0.1, 0.15) is 0 Å². The van der Waals surface area contributed by atoms with Crippen LogP contribution in [0.4, 0.5) is 34.1 Å². The van der Waals surface area contributed by atoms with E-state index in [1.54, 1.807) is 0 Å². The number of hydrogen-bond donors (Lipinski definition) is 0. The molecule has 0 saturated heterocycles. The van der Waals surface area contributed by atoms with Gasteiger partial charge in [0, 0.05) is 62.5 Å². The smallest absolute Gasteiger partial charge is 0.0491 e. The zero-order valence-electron chi connectivity index (χ0n) is 32.7. The Labute approximate surface area is 336 Å². The van der Waals surface area contributed by atoms with Crippen LogP contribution in [0.1, 0.15) is 29.2 Å². The molecule has 276 valence electrons. The fourth-order valence-electron chi connectivity index (χ4n) is 7.91. The Morgan fingerprint density at radius 3 is 1.32 bits per heavy atom. The van der Waals surface area contributed by atoms with E-state index in [-0.39, 0.29) is 0 Å². The average molecular weight is 736 g/mol. The Bertz CT molecular complexity index is 2790. The third-order valence-corrected chi connectivity index (χ3v) is 10.9. The molecule has 0 amide bonds. The second-order valence-corrected chi connectivity index (χ2v) is 14.7. The van der Waals surface area contributed by atoms with Crippen molar-refractivity contribution in [3.63, 3.8) is 0 Å². The van der Waals surface area contributed by atoms with Crippen molar-refractivity contribution in [2.75, 3.05) is 9.80 Å². The molecule has 0 fully saturated rings. The molecule has 0 saturated carbocycles. The maximum Gasteiger partial charge on any atom is 0.0491 e. The summed E-state index contributed by atoms with van der Waals surface area (Å²) in [5, 5.41) is 2.61. The van der Waals surface area contributed by atoms with E-state index in [1.165, 1.54) is 49.6 Å². The highest BCUT2D eigenvalue weighted by atomic mass is 15.1. The van der Waals surface area contributed by atoms with E-state index in [2.05, 4.69) is 241 Å². The molecule has 57 heavy (non-hydrogen) atoms. The minimum atomic E-state index is 0.951. The highest BCUT2D eigenvalue weighted by molar-refractivity contribution is 6.08.